The van der Waals surface area contributed by atoms with Gasteiger partial charge in [-0.15, -0.1) is 0 Å². The Bertz CT molecular complexity index is 932. The van der Waals surface area contributed by atoms with E-state index in [2.05, 4.69) is 15.3 Å². The van der Waals surface area contributed by atoms with Crippen LogP contribution in [0.1, 0.15) is 12.5 Å². The maximum Gasteiger partial charge on any atom is 0.216 e. The quantitative estimate of drug-likeness (QED) is 0.563. The number of hydrogen-bond donors (Lipinski definition) is 1. The molecule has 5 nitrogen and oxygen atoms in total. The highest BCUT2D eigenvalue weighted by atomic mass is 32.1. The molecule has 0 saturated carbocycles. The number of aromatic nitrogens is 3. The average Bonchev–Trinajstić information content (AvgIpc) is 2.96. The first-order valence-corrected chi connectivity index (χ1v) is 7.80. The third-order valence-electron chi connectivity index (χ3n) is 3.30. The number of nitrogens with one attached hydrogen (secondary N) is 1. The van der Waals surface area contributed by atoms with Crippen LogP contribution < -0.4 is 4.74 Å². The van der Waals surface area contributed by atoms with Gasteiger partial charge in [0, 0.05) is 5.56 Å². The molecule has 0 radical (unpaired) electrons. The van der Waals surface area contributed by atoms with Gasteiger partial charge in [0.15, 0.2) is 5.82 Å². The van der Waals surface area contributed by atoms with Crippen LogP contribution in [-0.2, 0) is 0 Å². The van der Waals surface area contributed by atoms with Gasteiger partial charge >= 0.3 is 0 Å². The lowest BCUT2D eigenvalue weighted by molar-refractivity contribution is 0.341. The van der Waals surface area contributed by atoms with Gasteiger partial charge in [0.1, 0.15) is 11.6 Å². The highest BCUT2D eigenvalue weighted by Gasteiger charge is 2.13. The van der Waals surface area contributed by atoms with Crippen LogP contribution >= 0.6 is 12.2 Å². The Morgan fingerprint density at radius 1 is 1.25 bits per heavy atom. The number of hydrogen-bond acceptors (Lipinski definition) is 4. The van der Waals surface area contributed by atoms with Crippen molar-refractivity contribution in [3.63, 3.8) is 0 Å². The molecule has 0 bridgehead atoms. The molecule has 122 valence electrons. The Kier molecular flexibility index (Phi) is 4.81. The predicted octanol–water partition coefficient (Wildman–Crippen LogP) is 4.03. The Balaban J connectivity index is 2.05. The zero-order valence-electron chi connectivity index (χ0n) is 12.9. The molecule has 0 fully saturated rings. The number of H-pyrrole nitrogens is 1. The van der Waals surface area contributed by atoms with Crippen LogP contribution in [0, 0.1) is 10.6 Å². The van der Waals surface area contributed by atoms with Crippen molar-refractivity contribution in [3.8, 4) is 17.1 Å². The van der Waals surface area contributed by atoms with Crippen molar-refractivity contribution in [3.05, 3.63) is 64.7 Å². The van der Waals surface area contributed by atoms with Crippen molar-refractivity contribution in [2.45, 2.75) is 6.92 Å². The molecule has 24 heavy (non-hydrogen) atoms. The number of aromatic amines is 1. The second-order valence-electron chi connectivity index (χ2n) is 4.86. The van der Waals surface area contributed by atoms with E-state index in [-0.39, 0.29) is 5.82 Å². The monoisotopic (exact) mass is 342 g/mol. The summed E-state index contributed by atoms with van der Waals surface area (Å²) in [6, 6.07) is 13.8. The third kappa shape index (κ3) is 3.26. The second-order valence-corrected chi connectivity index (χ2v) is 5.25. The van der Waals surface area contributed by atoms with Crippen molar-refractivity contribution in [2.24, 2.45) is 5.10 Å². The molecule has 0 unspecified atom stereocenters. The summed E-state index contributed by atoms with van der Waals surface area (Å²) in [5.74, 6) is 0.820. The van der Waals surface area contributed by atoms with E-state index < -0.39 is 0 Å². The van der Waals surface area contributed by atoms with Crippen LogP contribution in [0.4, 0.5) is 4.39 Å². The highest BCUT2D eigenvalue weighted by Crippen LogP contribution is 2.28. The van der Waals surface area contributed by atoms with Crippen LogP contribution in [0.2, 0.25) is 0 Å². The van der Waals surface area contributed by atoms with Crippen molar-refractivity contribution in [2.75, 3.05) is 6.61 Å². The zero-order chi connectivity index (χ0) is 16.9. The van der Waals surface area contributed by atoms with E-state index in [0.717, 1.165) is 5.56 Å². The molecule has 3 aromatic rings. The van der Waals surface area contributed by atoms with E-state index in [1.807, 2.05) is 31.2 Å². The van der Waals surface area contributed by atoms with Crippen LogP contribution in [-0.4, -0.2) is 27.7 Å². The Morgan fingerprint density at radius 2 is 2.00 bits per heavy atom. The lowest BCUT2D eigenvalue weighted by Gasteiger charge is -2.08. The van der Waals surface area contributed by atoms with Gasteiger partial charge < -0.3 is 4.74 Å². The van der Waals surface area contributed by atoms with E-state index in [0.29, 0.717) is 28.5 Å². The first kappa shape index (κ1) is 16.1. The van der Waals surface area contributed by atoms with Crippen molar-refractivity contribution in [1.29, 1.82) is 0 Å². The van der Waals surface area contributed by atoms with Crippen LogP contribution in [0.5, 0.6) is 5.75 Å². The van der Waals surface area contributed by atoms with E-state index in [4.69, 9.17) is 17.0 Å². The van der Waals surface area contributed by atoms with E-state index in [1.54, 1.807) is 18.2 Å². The SMILES string of the molecule is CCOc1ccccc1-c1n[nH]c(=S)n1/N=C\c1ccccc1F. The Hall–Kier alpha value is -2.80. The third-order valence-corrected chi connectivity index (χ3v) is 3.56. The molecule has 7 heteroatoms. The maximum atomic E-state index is 13.7. The fourth-order valence-corrected chi connectivity index (χ4v) is 2.38. The minimum Gasteiger partial charge on any atom is -0.493 e. The summed E-state index contributed by atoms with van der Waals surface area (Å²) in [5.41, 5.74) is 1.11. The number of ether oxygens (including phenoxy) is 1. The first-order chi connectivity index (χ1) is 11.7. The van der Waals surface area contributed by atoms with Crippen LogP contribution in [0.15, 0.2) is 53.6 Å². The molecule has 2 aromatic carbocycles. The summed E-state index contributed by atoms with van der Waals surface area (Å²) in [4.78, 5) is 0. The maximum absolute atomic E-state index is 13.7. The molecular formula is C17H15FN4OS. The number of halogens is 1. The number of para-hydroxylation sites is 1. The minimum absolute atomic E-state index is 0.309. The lowest BCUT2D eigenvalue weighted by Crippen LogP contribution is -1.99. The van der Waals surface area contributed by atoms with Gasteiger partial charge in [0.25, 0.3) is 0 Å². The summed E-state index contributed by atoms with van der Waals surface area (Å²) < 4.78 is 21.1. The molecule has 0 amide bonds. The number of nitrogens with zero attached hydrogens (tertiary/aromatic N) is 3. The zero-order valence-corrected chi connectivity index (χ0v) is 13.8. The molecule has 0 aliphatic carbocycles. The summed E-state index contributed by atoms with van der Waals surface area (Å²) in [6.45, 7) is 2.44. The van der Waals surface area contributed by atoms with Gasteiger partial charge in [-0.05, 0) is 37.3 Å². The molecule has 0 saturated heterocycles. The average molecular weight is 342 g/mol. The molecule has 0 spiro atoms. The van der Waals surface area contributed by atoms with Gasteiger partial charge in [-0.2, -0.15) is 14.9 Å². The summed E-state index contributed by atoms with van der Waals surface area (Å²) >= 11 is 5.23. The topological polar surface area (TPSA) is 55.2 Å². The van der Waals surface area contributed by atoms with Gasteiger partial charge in [0.05, 0.1) is 18.4 Å². The number of rotatable bonds is 5. The molecular weight excluding hydrogens is 327 g/mol. The summed E-state index contributed by atoms with van der Waals surface area (Å²) in [6.07, 6.45) is 1.41. The molecule has 1 N–H and O–H groups in total. The molecule has 3 rings (SSSR count). The van der Waals surface area contributed by atoms with Crippen LogP contribution in [0.3, 0.4) is 0 Å². The lowest BCUT2D eigenvalue weighted by atomic mass is 10.2. The number of benzene rings is 2. The van der Waals surface area contributed by atoms with Gasteiger partial charge in [-0.1, -0.05) is 30.3 Å². The fourth-order valence-electron chi connectivity index (χ4n) is 2.21. The van der Waals surface area contributed by atoms with Gasteiger partial charge in [-0.3, -0.25) is 0 Å². The second kappa shape index (κ2) is 7.18. The standard InChI is InChI=1S/C17H15FN4OS/c1-2-23-15-10-6-4-8-13(15)16-20-21-17(24)22(16)19-11-12-7-3-5-9-14(12)18/h3-11H,2H2,1H3,(H,21,24)/b19-11-. The Morgan fingerprint density at radius 3 is 2.79 bits per heavy atom. The normalized spacial score (nSPS) is 11.1. The Labute approximate surface area is 143 Å². The van der Waals surface area contributed by atoms with Gasteiger partial charge in [0.2, 0.25) is 4.77 Å². The molecule has 0 aliphatic rings. The molecule has 0 aliphatic heterocycles. The summed E-state index contributed by atoms with van der Waals surface area (Å²) in [5, 5.41) is 11.2. The van der Waals surface area contributed by atoms with E-state index in [9.17, 15) is 4.39 Å². The van der Waals surface area contributed by atoms with E-state index in [1.165, 1.54) is 17.0 Å². The summed E-state index contributed by atoms with van der Waals surface area (Å²) in [7, 11) is 0. The largest absolute Gasteiger partial charge is 0.493 e. The van der Waals surface area contributed by atoms with Gasteiger partial charge in [-0.25, -0.2) is 9.49 Å². The van der Waals surface area contributed by atoms with E-state index >= 15 is 0 Å². The molecule has 1 aromatic heterocycles. The van der Waals surface area contributed by atoms with Crippen molar-refractivity contribution < 1.29 is 9.13 Å². The minimum atomic E-state index is -0.354. The highest BCUT2D eigenvalue weighted by molar-refractivity contribution is 7.71. The molecule has 1 heterocycles. The fraction of sp³-hybridized carbons (Fsp3) is 0.118. The smallest absolute Gasteiger partial charge is 0.216 e. The first-order valence-electron chi connectivity index (χ1n) is 7.39. The van der Waals surface area contributed by atoms with Crippen molar-refractivity contribution in [1.82, 2.24) is 14.9 Å². The molecule has 0 atom stereocenters. The van der Waals surface area contributed by atoms with Crippen molar-refractivity contribution >= 4 is 18.4 Å². The predicted molar refractivity (Wildman–Crippen MR) is 93.4 cm³/mol. The van der Waals surface area contributed by atoms with Crippen LogP contribution in [0.25, 0.3) is 11.4 Å².